The van der Waals surface area contributed by atoms with Crippen LogP contribution >= 0.6 is 0 Å². The van der Waals surface area contributed by atoms with Crippen LogP contribution in [0.5, 0.6) is 0 Å². The molecule has 3 heteroatoms. The maximum Gasteiger partial charge on any atom is 0.0998 e. The second kappa shape index (κ2) is 5.68. The highest BCUT2D eigenvalue weighted by atomic mass is 16.5. The zero-order valence-electron chi connectivity index (χ0n) is 12.5. The Bertz CT molecular complexity index is 219. The molecule has 0 unspecified atom stereocenters. The van der Waals surface area contributed by atoms with E-state index in [2.05, 4.69) is 51.3 Å². The fourth-order valence-corrected chi connectivity index (χ4v) is 2.03. The molecule has 1 aliphatic rings. The van der Waals surface area contributed by atoms with E-state index in [0.29, 0.717) is 5.41 Å². The van der Waals surface area contributed by atoms with Gasteiger partial charge in [0.15, 0.2) is 0 Å². The van der Waals surface area contributed by atoms with Crippen molar-refractivity contribution in [2.45, 2.75) is 47.1 Å². The van der Waals surface area contributed by atoms with Gasteiger partial charge in [0.05, 0.1) is 12.3 Å². The van der Waals surface area contributed by atoms with Crippen LogP contribution in [0.4, 0.5) is 0 Å². The lowest BCUT2D eigenvalue weighted by atomic mass is 9.96. The van der Waals surface area contributed by atoms with Crippen molar-refractivity contribution < 1.29 is 4.74 Å². The molecule has 3 nitrogen and oxygen atoms in total. The second-order valence-corrected chi connectivity index (χ2v) is 7.34. The van der Waals surface area contributed by atoms with Crippen LogP contribution in [0, 0.1) is 5.41 Å². The van der Waals surface area contributed by atoms with Gasteiger partial charge in [-0.25, -0.2) is 0 Å². The number of hydrogen-bond donors (Lipinski definition) is 0. The minimum Gasteiger partial charge on any atom is -0.360 e. The Kier molecular flexibility index (Phi) is 4.99. The van der Waals surface area contributed by atoms with Crippen LogP contribution < -0.4 is 0 Å². The first-order chi connectivity index (χ1) is 7.66. The molecule has 1 heterocycles. The lowest BCUT2D eigenvalue weighted by Crippen LogP contribution is -2.49. The fourth-order valence-electron chi connectivity index (χ4n) is 2.03. The van der Waals surface area contributed by atoms with Crippen molar-refractivity contribution in [3.05, 3.63) is 0 Å². The van der Waals surface area contributed by atoms with Gasteiger partial charge in [0.2, 0.25) is 0 Å². The highest BCUT2D eigenvalue weighted by molar-refractivity contribution is 4.75. The Morgan fingerprint density at radius 1 is 0.824 bits per heavy atom. The Morgan fingerprint density at radius 3 is 1.71 bits per heavy atom. The largest absolute Gasteiger partial charge is 0.360 e. The monoisotopic (exact) mass is 242 g/mol. The van der Waals surface area contributed by atoms with Crippen LogP contribution in [0.15, 0.2) is 0 Å². The molecule has 0 spiro atoms. The molecule has 102 valence electrons. The zero-order chi connectivity index (χ0) is 13.1. The minimum atomic E-state index is -0.0253. The Balaban J connectivity index is 2.22. The van der Waals surface area contributed by atoms with Gasteiger partial charge in [-0.3, -0.25) is 4.90 Å². The van der Waals surface area contributed by atoms with E-state index in [0.717, 1.165) is 19.8 Å². The van der Waals surface area contributed by atoms with E-state index in [4.69, 9.17) is 4.74 Å². The molecule has 1 fully saturated rings. The van der Waals surface area contributed by atoms with Crippen molar-refractivity contribution in [1.82, 2.24) is 9.80 Å². The molecule has 0 amide bonds. The van der Waals surface area contributed by atoms with Gasteiger partial charge in [-0.2, -0.15) is 0 Å². The average molecular weight is 242 g/mol. The van der Waals surface area contributed by atoms with Crippen molar-refractivity contribution >= 4 is 0 Å². The molecule has 0 atom stereocenters. The molecule has 1 aliphatic heterocycles. The summed E-state index contributed by atoms with van der Waals surface area (Å²) in [6.45, 7) is 19.8. The SMILES string of the molecule is CC(C)(C)CN1CCN(COC(C)(C)C)CC1. The average Bonchev–Trinajstić information content (AvgIpc) is 2.13. The maximum absolute atomic E-state index is 5.81. The summed E-state index contributed by atoms with van der Waals surface area (Å²) in [5.74, 6) is 0. The van der Waals surface area contributed by atoms with Crippen LogP contribution in [0.1, 0.15) is 41.5 Å². The number of piperazine rings is 1. The van der Waals surface area contributed by atoms with Crippen molar-refractivity contribution in [2.75, 3.05) is 39.5 Å². The summed E-state index contributed by atoms with van der Waals surface area (Å²) in [6.07, 6.45) is 0. The summed E-state index contributed by atoms with van der Waals surface area (Å²) in [7, 11) is 0. The predicted molar refractivity (Wildman–Crippen MR) is 73.2 cm³/mol. The lowest BCUT2D eigenvalue weighted by molar-refractivity contribution is -0.0752. The Hall–Kier alpha value is -0.120. The van der Waals surface area contributed by atoms with Gasteiger partial charge in [-0.15, -0.1) is 0 Å². The van der Waals surface area contributed by atoms with E-state index in [9.17, 15) is 0 Å². The molecule has 0 aromatic heterocycles. The van der Waals surface area contributed by atoms with E-state index in [-0.39, 0.29) is 5.60 Å². The van der Waals surface area contributed by atoms with E-state index >= 15 is 0 Å². The number of rotatable bonds is 3. The van der Waals surface area contributed by atoms with E-state index < -0.39 is 0 Å². The first-order valence-electron chi connectivity index (χ1n) is 6.74. The third-order valence-electron chi connectivity index (χ3n) is 2.84. The first-order valence-corrected chi connectivity index (χ1v) is 6.74. The Morgan fingerprint density at radius 2 is 1.29 bits per heavy atom. The highest BCUT2D eigenvalue weighted by Crippen LogP contribution is 2.16. The van der Waals surface area contributed by atoms with Gasteiger partial charge in [-0.1, -0.05) is 20.8 Å². The van der Waals surface area contributed by atoms with Crippen LogP contribution in [0.3, 0.4) is 0 Å². The van der Waals surface area contributed by atoms with Crippen LogP contribution in [0.25, 0.3) is 0 Å². The standard InChI is InChI=1S/C14H30N2O/c1-13(2,3)11-15-7-9-16(10-8-15)12-17-14(4,5)6/h7-12H2,1-6H3. The fraction of sp³-hybridized carbons (Fsp3) is 1.00. The molecule has 17 heavy (non-hydrogen) atoms. The van der Waals surface area contributed by atoms with Gasteiger partial charge in [0.1, 0.15) is 0 Å². The van der Waals surface area contributed by atoms with E-state index in [1.54, 1.807) is 0 Å². The molecule has 0 N–H and O–H groups in total. The molecule has 1 saturated heterocycles. The van der Waals surface area contributed by atoms with Crippen molar-refractivity contribution in [3.63, 3.8) is 0 Å². The number of ether oxygens (including phenoxy) is 1. The molecule has 0 aliphatic carbocycles. The topological polar surface area (TPSA) is 15.7 Å². The summed E-state index contributed by atoms with van der Waals surface area (Å²) >= 11 is 0. The Labute approximate surface area is 107 Å². The number of hydrogen-bond acceptors (Lipinski definition) is 3. The van der Waals surface area contributed by atoms with Gasteiger partial charge < -0.3 is 9.64 Å². The lowest BCUT2D eigenvalue weighted by Gasteiger charge is -2.38. The zero-order valence-corrected chi connectivity index (χ0v) is 12.5. The maximum atomic E-state index is 5.81. The van der Waals surface area contributed by atoms with Gasteiger partial charge >= 0.3 is 0 Å². The summed E-state index contributed by atoms with van der Waals surface area (Å²) < 4.78 is 5.81. The number of nitrogens with zero attached hydrogens (tertiary/aromatic N) is 2. The quantitative estimate of drug-likeness (QED) is 0.756. The van der Waals surface area contributed by atoms with E-state index in [1.807, 2.05) is 0 Å². The molecular weight excluding hydrogens is 212 g/mol. The van der Waals surface area contributed by atoms with E-state index in [1.165, 1.54) is 19.6 Å². The van der Waals surface area contributed by atoms with Crippen LogP contribution in [-0.4, -0.2) is 54.9 Å². The van der Waals surface area contributed by atoms with Crippen molar-refractivity contribution in [1.29, 1.82) is 0 Å². The second-order valence-electron chi connectivity index (χ2n) is 7.34. The third-order valence-corrected chi connectivity index (χ3v) is 2.84. The summed E-state index contributed by atoms with van der Waals surface area (Å²) in [4.78, 5) is 4.97. The normalized spacial score (nSPS) is 20.8. The van der Waals surface area contributed by atoms with Gasteiger partial charge in [-0.05, 0) is 26.2 Å². The molecule has 0 radical (unpaired) electrons. The minimum absolute atomic E-state index is 0.0253. The van der Waals surface area contributed by atoms with Crippen LogP contribution in [0.2, 0.25) is 0 Å². The van der Waals surface area contributed by atoms with Crippen LogP contribution in [-0.2, 0) is 4.74 Å². The van der Waals surface area contributed by atoms with Crippen molar-refractivity contribution in [3.8, 4) is 0 Å². The van der Waals surface area contributed by atoms with Gasteiger partial charge in [0, 0.05) is 32.7 Å². The molecule has 0 aromatic carbocycles. The molecule has 1 rings (SSSR count). The summed E-state index contributed by atoms with van der Waals surface area (Å²) in [5, 5.41) is 0. The highest BCUT2D eigenvalue weighted by Gasteiger charge is 2.22. The predicted octanol–water partition coefficient (Wildman–Crippen LogP) is 2.42. The molecule has 0 saturated carbocycles. The summed E-state index contributed by atoms with van der Waals surface area (Å²) in [6, 6.07) is 0. The van der Waals surface area contributed by atoms with Crippen molar-refractivity contribution in [2.24, 2.45) is 5.41 Å². The molecular formula is C14H30N2O. The summed E-state index contributed by atoms with van der Waals surface area (Å²) in [5.41, 5.74) is 0.382. The van der Waals surface area contributed by atoms with Gasteiger partial charge in [0.25, 0.3) is 0 Å². The molecule has 0 bridgehead atoms. The smallest absolute Gasteiger partial charge is 0.0998 e. The molecule has 0 aromatic rings. The third kappa shape index (κ3) is 7.02. The first kappa shape index (κ1) is 14.9.